The predicted molar refractivity (Wildman–Crippen MR) is 74.9 cm³/mol. The van der Waals surface area contributed by atoms with Gasteiger partial charge in [-0.15, -0.1) is 0 Å². The monoisotopic (exact) mass is 266 g/mol. The first-order valence-electron chi connectivity index (χ1n) is 6.42. The maximum atomic E-state index is 11.7. The highest BCUT2D eigenvalue weighted by molar-refractivity contribution is 5.90. The lowest BCUT2D eigenvalue weighted by molar-refractivity contribution is -0.117. The van der Waals surface area contributed by atoms with Crippen molar-refractivity contribution < 1.29 is 14.3 Å². The zero-order valence-electron chi connectivity index (χ0n) is 11.4. The second kappa shape index (κ2) is 9.49. The van der Waals surface area contributed by atoms with E-state index in [2.05, 4.69) is 5.32 Å². The Bertz CT molecular complexity index is 383. The van der Waals surface area contributed by atoms with Crippen LogP contribution in [0.2, 0.25) is 0 Å². The highest BCUT2D eigenvalue weighted by Gasteiger charge is 2.02. The molecule has 0 unspecified atom stereocenters. The van der Waals surface area contributed by atoms with Crippen molar-refractivity contribution in [3.63, 3.8) is 0 Å². The average Bonchev–Trinajstić information content (AvgIpc) is 2.43. The molecule has 0 radical (unpaired) electrons. The number of methoxy groups -OCH3 is 1. The quantitative estimate of drug-likeness (QED) is 0.665. The molecule has 1 aromatic rings. The number of amides is 1. The van der Waals surface area contributed by atoms with Crippen molar-refractivity contribution >= 4 is 11.6 Å². The summed E-state index contributed by atoms with van der Waals surface area (Å²) in [4.78, 5) is 11.7. The van der Waals surface area contributed by atoms with Gasteiger partial charge in [0.15, 0.2) is 0 Å². The van der Waals surface area contributed by atoms with E-state index in [1.54, 1.807) is 7.11 Å². The van der Waals surface area contributed by atoms with Gasteiger partial charge in [0.05, 0.1) is 13.0 Å². The van der Waals surface area contributed by atoms with Crippen LogP contribution in [-0.2, 0) is 20.8 Å². The minimum Gasteiger partial charge on any atom is -0.385 e. The standard InChI is InChI=1S/C14H22N2O3/c1-18-7-3-8-19-9-6-14(17)16-13-5-2-4-12(10-13)11-15/h2,4-5,10H,3,6-9,11,15H2,1H3,(H,16,17). The molecule has 0 aliphatic rings. The topological polar surface area (TPSA) is 73.6 Å². The van der Waals surface area contributed by atoms with Crippen molar-refractivity contribution in [2.75, 3.05) is 32.2 Å². The number of anilines is 1. The molecule has 0 bridgehead atoms. The average molecular weight is 266 g/mol. The van der Waals surface area contributed by atoms with Gasteiger partial charge < -0.3 is 20.5 Å². The van der Waals surface area contributed by atoms with Crippen LogP contribution in [0, 0.1) is 0 Å². The molecular weight excluding hydrogens is 244 g/mol. The maximum absolute atomic E-state index is 11.7. The lowest BCUT2D eigenvalue weighted by atomic mass is 10.2. The molecule has 0 fully saturated rings. The van der Waals surface area contributed by atoms with Crippen LogP contribution in [0.3, 0.4) is 0 Å². The molecule has 0 saturated heterocycles. The van der Waals surface area contributed by atoms with E-state index in [1.165, 1.54) is 0 Å². The molecule has 0 spiro atoms. The molecule has 0 aliphatic carbocycles. The fraction of sp³-hybridized carbons (Fsp3) is 0.500. The van der Waals surface area contributed by atoms with Crippen LogP contribution in [0.1, 0.15) is 18.4 Å². The fourth-order valence-electron chi connectivity index (χ4n) is 1.57. The van der Waals surface area contributed by atoms with Gasteiger partial charge in [-0.05, 0) is 24.1 Å². The molecule has 5 nitrogen and oxygen atoms in total. The summed E-state index contributed by atoms with van der Waals surface area (Å²) >= 11 is 0. The van der Waals surface area contributed by atoms with Gasteiger partial charge >= 0.3 is 0 Å². The summed E-state index contributed by atoms with van der Waals surface area (Å²) < 4.78 is 10.2. The molecule has 3 N–H and O–H groups in total. The first kappa shape index (κ1) is 15.6. The molecule has 19 heavy (non-hydrogen) atoms. The zero-order valence-corrected chi connectivity index (χ0v) is 11.4. The van der Waals surface area contributed by atoms with Gasteiger partial charge in [-0.25, -0.2) is 0 Å². The van der Waals surface area contributed by atoms with Gasteiger partial charge in [-0.2, -0.15) is 0 Å². The van der Waals surface area contributed by atoms with Gasteiger partial charge in [0.25, 0.3) is 0 Å². The molecule has 0 aliphatic heterocycles. The second-order valence-corrected chi connectivity index (χ2v) is 4.16. The van der Waals surface area contributed by atoms with Crippen molar-refractivity contribution in [3.05, 3.63) is 29.8 Å². The number of carbonyl (C=O) groups is 1. The van der Waals surface area contributed by atoms with E-state index >= 15 is 0 Å². The number of ether oxygens (including phenoxy) is 2. The molecule has 0 aromatic heterocycles. The lowest BCUT2D eigenvalue weighted by Gasteiger charge is -2.07. The van der Waals surface area contributed by atoms with Crippen molar-refractivity contribution in [2.24, 2.45) is 5.73 Å². The van der Waals surface area contributed by atoms with E-state index in [9.17, 15) is 4.79 Å². The molecule has 0 atom stereocenters. The smallest absolute Gasteiger partial charge is 0.226 e. The Labute approximate surface area is 114 Å². The number of nitrogens with two attached hydrogens (primary N) is 1. The molecule has 1 rings (SSSR count). The maximum Gasteiger partial charge on any atom is 0.226 e. The Morgan fingerprint density at radius 3 is 2.89 bits per heavy atom. The summed E-state index contributed by atoms with van der Waals surface area (Å²) in [5, 5.41) is 2.82. The third kappa shape index (κ3) is 6.91. The minimum absolute atomic E-state index is 0.0547. The van der Waals surface area contributed by atoms with Gasteiger partial charge in [0.2, 0.25) is 5.91 Å². The van der Waals surface area contributed by atoms with Crippen molar-refractivity contribution in [1.82, 2.24) is 0 Å². The van der Waals surface area contributed by atoms with E-state index < -0.39 is 0 Å². The number of benzene rings is 1. The van der Waals surface area contributed by atoms with E-state index in [4.69, 9.17) is 15.2 Å². The molecule has 0 saturated carbocycles. The molecular formula is C14H22N2O3. The summed E-state index contributed by atoms with van der Waals surface area (Å²) in [7, 11) is 1.66. The number of nitrogens with one attached hydrogen (secondary N) is 1. The van der Waals surface area contributed by atoms with Gasteiger partial charge in [-0.1, -0.05) is 12.1 Å². The van der Waals surface area contributed by atoms with Crippen LogP contribution in [0.15, 0.2) is 24.3 Å². The number of hydrogen-bond acceptors (Lipinski definition) is 4. The van der Waals surface area contributed by atoms with E-state index in [0.29, 0.717) is 32.8 Å². The van der Waals surface area contributed by atoms with Crippen LogP contribution in [0.25, 0.3) is 0 Å². The van der Waals surface area contributed by atoms with Crippen LogP contribution < -0.4 is 11.1 Å². The highest BCUT2D eigenvalue weighted by Crippen LogP contribution is 2.10. The van der Waals surface area contributed by atoms with Crippen molar-refractivity contribution in [2.45, 2.75) is 19.4 Å². The highest BCUT2D eigenvalue weighted by atomic mass is 16.5. The molecule has 1 aromatic carbocycles. The Morgan fingerprint density at radius 2 is 2.16 bits per heavy atom. The second-order valence-electron chi connectivity index (χ2n) is 4.16. The third-order valence-corrected chi connectivity index (χ3v) is 2.56. The molecule has 106 valence electrons. The van der Waals surface area contributed by atoms with Gasteiger partial charge in [-0.3, -0.25) is 4.79 Å². The van der Waals surface area contributed by atoms with Crippen LogP contribution in [0.4, 0.5) is 5.69 Å². The van der Waals surface area contributed by atoms with Crippen molar-refractivity contribution in [3.8, 4) is 0 Å². The van der Waals surface area contributed by atoms with Crippen LogP contribution in [-0.4, -0.2) is 32.8 Å². The SMILES string of the molecule is COCCCOCCC(=O)Nc1cccc(CN)c1. The van der Waals surface area contributed by atoms with E-state index in [0.717, 1.165) is 17.7 Å². The predicted octanol–water partition coefficient (Wildman–Crippen LogP) is 1.53. The van der Waals surface area contributed by atoms with Crippen molar-refractivity contribution in [1.29, 1.82) is 0 Å². The first-order valence-corrected chi connectivity index (χ1v) is 6.42. The Morgan fingerprint density at radius 1 is 1.32 bits per heavy atom. The van der Waals surface area contributed by atoms with Crippen LogP contribution in [0.5, 0.6) is 0 Å². The third-order valence-electron chi connectivity index (χ3n) is 2.56. The lowest BCUT2D eigenvalue weighted by Crippen LogP contribution is -2.15. The Kier molecular flexibility index (Phi) is 7.81. The normalized spacial score (nSPS) is 10.4. The number of hydrogen-bond donors (Lipinski definition) is 2. The molecule has 1 amide bonds. The Balaban J connectivity index is 2.19. The minimum atomic E-state index is -0.0547. The first-order chi connectivity index (χ1) is 9.26. The summed E-state index contributed by atoms with van der Waals surface area (Å²) in [6, 6.07) is 7.52. The summed E-state index contributed by atoms with van der Waals surface area (Å²) in [6.07, 6.45) is 1.19. The molecule has 5 heteroatoms. The fourth-order valence-corrected chi connectivity index (χ4v) is 1.57. The van der Waals surface area contributed by atoms with Gasteiger partial charge in [0, 0.05) is 32.6 Å². The Hall–Kier alpha value is -1.43. The van der Waals surface area contributed by atoms with E-state index in [-0.39, 0.29) is 5.91 Å². The summed E-state index contributed by atoms with van der Waals surface area (Å²) in [5.41, 5.74) is 7.31. The van der Waals surface area contributed by atoms with Gasteiger partial charge in [0.1, 0.15) is 0 Å². The largest absolute Gasteiger partial charge is 0.385 e. The summed E-state index contributed by atoms with van der Waals surface area (Å²) in [6.45, 7) is 2.18. The number of carbonyl (C=O) groups excluding carboxylic acids is 1. The summed E-state index contributed by atoms with van der Waals surface area (Å²) in [5.74, 6) is -0.0547. The molecule has 0 heterocycles. The number of rotatable bonds is 9. The van der Waals surface area contributed by atoms with E-state index in [1.807, 2.05) is 24.3 Å². The zero-order chi connectivity index (χ0) is 13.9. The van der Waals surface area contributed by atoms with Crippen LogP contribution >= 0.6 is 0 Å².